The minimum Gasteiger partial charge on any atom is -0.465 e. The van der Waals surface area contributed by atoms with E-state index in [9.17, 15) is 4.79 Å². The van der Waals surface area contributed by atoms with Crippen LogP contribution in [0.1, 0.15) is 34.5 Å². The molecule has 1 saturated heterocycles. The highest BCUT2D eigenvalue weighted by Crippen LogP contribution is 2.18. The second-order valence-electron chi connectivity index (χ2n) is 6.53. The summed E-state index contributed by atoms with van der Waals surface area (Å²) in [6, 6.07) is 14.6. The molecule has 132 valence electrons. The van der Waals surface area contributed by atoms with Crippen LogP contribution in [0.4, 0.5) is 5.82 Å². The van der Waals surface area contributed by atoms with Gasteiger partial charge in [0.1, 0.15) is 5.82 Å². The normalized spacial score (nSPS) is 17.9. The lowest BCUT2D eigenvalue weighted by Crippen LogP contribution is -2.41. The molecule has 0 bridgehead atoms. The van der Waals surface area contributed by atoms with E-state index >= 15 is 0 Å². The number of benzene rings is 1. The summed E-state index contributed by atoms with van der Waals surface area (Å²) in [5, 5.41) is 3.52. The number of ether oxygens (including phenoxy) is 1. The van der Waals surface area contributed by atoms with Gasteiger partial charge in [0.15, 0.2) is 0 Å². The molecule has 1 aliphatic heterocycles. The maximum absolute atomic E-state index is 11.7. The highest BCUT2D eigenvalue weighted by Gasteiger charge is 2.20. The van der Waals surface area contributed by atoms with Crippen molar-refractivity contribution in [3.8, 4) is 0 Å². The maximum Gasteiger partial charge on any atom is 0.339 e. The Balaban J connectivity index is 1.61. The minimum absolute atomic E-state index is 0.344. The third-order valence-electron chi connectivity index (χ3n) is 4.60. The first kappa shape index (κ1) is 17.4. The van der Waals surface area contributed by atoms with E-state index in [4.69, 9.17) is 4.74 Å². The quantitative estimate of drug-likeness (QED) is 0.848. The zero-order valence-corrected chi connectivity index (χ0v) is 14.9. The molecular formula is C20H25N3O2. The van der Waals surface area contributed by atoms with E-state index in [1.807, 2.05) is 13.0 Å². The molecule has 0 saturated carbocycles. The number of nitrogens with one attached hydrogen (secondary N) is 1. The molecule has 5 nitrogen and oxygen atoms in total. The second kappa shape index (κ2) is 8.12. The van der Waals surface area contributed by atoms with E-state index in [0.29, 0.717) is 17.3 Å². The Bertz CT molecular complexity index is 718. The van der Waals surface area contributed by atoms with Crippen LogP contribution in [0.25, 0.3) is 0 Å². The fourth-order valence-electron chi connectivity index (χ4n) is 3.33. The van der Waals surface area contributed by atoms with Crippen molar-refractivity contribution in [1.82, 2.24) is 9.88 Å². The first-order valence-electron chi connectivity index (χ1n) is 8.74. The van der Waals surface area contributed by atoms with Gasteiger partial charge >= 0.3 is 5.97 Å². The number of hydrogen-bond acceptors (Lipinski definition) is 5. The number of anilines is 1. The Labute approximate surface area is 149 Å². The van der Waals surface area contributed by atoms with Crippen molar-refractivity contribution in [3.05, 3.63) is 59.3 Å². The largest absolute Gasteiger partial charge is 0.465 e. The minimum atomic E-state index is -0.344. The van der Waals surface area contributed by atoms with Gasteiger partial charge in [-0.15, -0.1) is 0 Å². The Morgan fingerprint density at radius 3 is 2.80 bits per heavy atom. The third kappa shape index (κ3) is 4.57. The van der Waals surface area contributed by atoms with Gasteiger partial charge in [-0.2, -0.15) is 0 Å². The molecule has 1 aromatic carbocycles. The molecule has 0 radical (unpaired) electrons. The van der Waals surface area contributed by atoms with E-state index in [0.717, 1.165) is 31.9 Å². The Morgan fingerprint density at radius 2 is 2.08 bits per heavy atom. The summed E-state index contributed by atoms with van der Waals surface area (Å²) >= 11 is 0. The van der Waals surface area contributed by atoms with Gasteiger partial charge in [0.25, 0.3) is 0 Å². The van der Waals surface area contributed by atoms with Crippen molar-refractivity contribution >= 4 is 11.8 Å². The van der Waals surface area contributed by atoms with Crippen LogP contribution < -0.4 is 5.32 Å². The van der Waals surface area contributed by atoms with Crippen molar-refractivity contribution < 1.29 is 9.53 Å². The highest BCUT2D eigenvalue weighted by atomic mass is 16.5. The van der Waals surface area contributed by atoms with Crippen molar-refractivity contribution in [2.45, 2.75) is 32.4 Å². The summed E-state index contributed by atoms with van der Waals surface area (Å²) in [7, 11) is 1.39. The number of aryl methyl sites for hydroxylation is 1. The molecule has 1 fully saturated rings. The van der Waals surface area contributed by atoms with Gasteiger partial charge in [0.2, 0.25) is 0 Å². The van der Waals surface area contributed by atoms with Crippen molar-refractivity contribution in [2.24, 2.45) is 0 Å². The van der Waals surface area contributed by atoms with Crippen LogP contribution in [-0.2, 0) is 11.3 Å². The Hall–Kier alpha value is -2.40. The van der Waals surface area contributed by atoms with Gasteiger partial charge in [0, 0.05) is 19.1 Å². The van der Waals surface area contributed by atoms with E-state index in [-0.39, 0.29) is 5.97 Å². The molecule has 1 aliphatic rings. The van der Waals surface area contributed by atoms with Crippen molar-refractivity contribution in [1.29, 1.82) is 0 Å². The SMILES string of the molecule is COC(=O)c1ccc(NC2CCCN(Cc3ccccc3)C2)nc1C. The molecule has 3 rings (SSSR count). The van der Waals surface area contributed by atoms with Gasteiger partial charge in [-0.3, -0.25) is 4.90 Å². The maximum atomic E-state index is 11.7. The molecule has 0 spiro atoms. The first-order chi connectivity index (χ1) is 12.2. The monoisotopic (exact) mass is 339 g/mol. The third-order valence-corrected chi connectivity index (χ3v) is 4.60. The average molecular weight is 339 g/mol. The summed E-state index contributed by atoms with van der Waals surface area (Å²) < 4.78 is 4.77. The fraction of sp³-hybridized carbons (Fsp3) is 0.400. The predicted molar refractivity (Wildman–Crippen MR) is 98.7 cm³/mol. The van der Waals surface area contributed by atoms with E-state index in [1.54, 1.807) is 6.07 Å². The number of rotatable bonds is 5. The molecule has 0 amide bonds. The summed E-state index contributed by atoms with van der Waals surface area (Å²) in [5.74, 6) is 0.472. The van der Waals surface area contributed by atoms with Crippen LogP contribution in [0.5, 0.6) is 0 Å². The molecule has 2 aromatic rings. The number of hydrogen-bond donors (Lipinski definition) is 1. The summed E-state index contributed by atoms with van der Waals surface area (Å²) in [4.78, 5) is 18.7. The highest BCUT2D eigenvalue weighted by molar-refractivity contribution is 5.90. The number of nitrogens with zero attached hydrogens (tertiary/aromatic N) is 2. The van der Waals surface area contributed by atoms with E-state index in [1.165, 1.54) is 19.1 Å². The molecule has 1 aromatic heterocycles. The van der Waals surface area contributed by atoms with Crippen LogP contribution in [0.2, 0.25) is 0 Å². The fourth-order valence-corrected chi connectivity index (χ4v) is 3.33. The lowest BCUT2D eigenvalue weighted by molar-refractivity contribution is 0.0599. The predicted octanol–water partition coefficient (Wildman–Crippen LogP) is 3.25. The molecule has 25 heavy (non-hydrogen) atoms. The van der Waals surface area contributed by atoms with Gasteiger partial charge in [-0.25, -0.2) is 9.78 Å². The van der Waals surface area contributed by atoms with Gasteiger partial charge in [-0.1, -0.05) is 30.3 Å². The van der Waals surface area contributed by atoms with Crippen LogP contribution in [0, 0.1) is 6.92 Å². The van der Waals surface area contributed by atoms with E-state index < -0.39 is 0 Å². The van der Waals surface area contributed by atoms with Crippen LogP contribution in [0.3, 0.4) is 0 Å². The number of pyridine rings is 1. The van der Waals surface area contributed by atoms with Gasteiger partial charge in [0.05, 0.1) is 18.4 Å². The van der Waals surface area contributed by atoms with Crippen molar-refractivity contribution in [3.63, 3.8) is 0 Å². The Kier molecular flexibility index (Phi) is 5.66. The number of esters is 1. The molecule has 2 heterocycles. The zero-order chi connectivity index (χ0) is 17.6. The second-order valence-corrected chi connectivity index (χ2v) is 6.53. The number of likely N-dealkylation sites (tertiary alicyclic amines) is 1. The smallest absolute Gasteiger partial charge is 0.339 e. The average Bonchev–Trinajstić information content (AvgIpc) is 2.62. The zero-order valence-electron chi connectivity index (χ0n) is 14.9. The molecule has 1 unspecified atom stereocenters. The molecule has 0 aliphatic carbocycles. The van der Waals surface area contributed by atoms with Crippen LogP contribution >= 0.6 is 0 Å². The Morgan fingerprint density at radius 1 is 1.28 bits per heavy atom. The summed E-state index contributed by atoms with van der Waals surface area (Å²) in [6.07, 6.45) is 2.30. The first-order valence-corrected chi connectivity index (χ1v) is 8.74. The lowest BCUT2D eigenvalue weighted by Gasteiger charge is -2.33. The van der Waals surface area contributed by atoms with E-state index in [2.05, 4.69) is 45.5 Å². The van der Waals surface area contributed by atoms with Crippen LogP contribution in [0.15, 0.2) is 42.5 Å². The standard InChI is InChI=1S/C20H25N3O2/c1-15-18(20(24)25-2)10-11-19(21-15)22-17-9-6-12-23(14-17)13-16-7-4-3-5-8-16/h3-5,7-8,10-11,17H,6,9,12-14H2,1-2H3,(H,21,22). The molecule has 1 N–H and O–H groups in total. The lowest BCUT2D eigenvalue weighted by atomic mass is 10.0. The number of aromatic nitrogens is 1. The number of carbonyl (C=O) groups excluding carboxylic acids is 1. The van der Waals surface area contributed by atoms with Gasteiger partial charge in [-0.05, 0) is 44.0 Å². The number of piperidine rings is 1. The number of carbonyl (C=O) groups is 1. The molecular weight excluding hydrogens is 314 g/mol. The topological polar surface area (TPSA) is 54.5 Å². The van der Waals surface area contributed by atoms with Crippen molar-refractivity contribution in [2.75, 3.05) is 25.5 Å². The molecule has 5 heteroatoms. The summed E-state index contributed by atoms with van der Waals surface area (Å²) in [5.41, 5.74) is 2.55. The van der Waals surface area contributed by atoms with Crippen LogP contribution in [-0.4, -0.2) is 42.1 Å². The summed E-state index contributed by atoms with van der Waals surface area (Å²) in [6.45, 7) is 4.93. The molecule has 1 atom stereocenters. The number of methoxy groups -OCH3 is 1. The van der Waals surface area contributed by atoms with Gasteiger partial charge < -0.3 is 10.1 Å².